The molecule has 2 aromatic carbocycles. The molecule has 0 N–H and O–H groups in total. The summed E-state index contributed by atoms with van der Waals surface area (Å²) in [6.45, 7) is 2.81. The molecule has 0 spiro atoms. The lowest BCUT2D eigenvalue weighted by atomic mass is 9.96. The Kier molecular flexibility index (Phi) is 3.90. The van der Waals surface area contributed by atoms with Crippen molar-refractivity contribution in [1.29, 1.82) is 0 Å². The molecule has 0 aromatic heterocycles. The summed E-state index contributed by atoms with van der Waals surface area (Å²) in [5.74, 6) is 0. The van der Waals surface area contributed by atoms with E-state index in [-0.39, 0.29) is 6.10 Å². The molecule has 1 unspecified atom stereocenters. The molecular formula is C18H17ClO. The Morgan fingerprint density at radius 3 is 2.50 bits per heavy atom. The number of benzene rings is 2. The lowest BCUT2D eigenvalue weighted by Crippen LogP contribution is -2.06. The normalized spacial score (nSPS) is 16.9. The van der Waals surface area contributed by atoms with Crippen molar-refractivity contribution in [2.45, 2.75) is 19.4 Å². The topological polar surface area (TPSA) is 9.23 Å². The van der Waals surface area contributed by atoms with Crippen LogP contribution in [0.25, 0.3) is 17.2 Å². The minimum atomic E-state index is -0.166. The molecule has 20 heavy (non-hydrogen) atoms. The van der Waals surface area contributed by atoms with Crippen LogP contribution in [0.3, 0.4) is 0 Å². The Morgan fingerprint density at radius 1 is 1.00 bits per heavy atom. The molecule has 0 aliphatic heterocycles. The average Bonchev–Trinajstić information content (AvgIpc) is 2.60. The van der Waals surface area contributed by atoms with Gasteiger partial charge in [0.05, 0.1) is 5.03 Å². The van der Waals surface area contributed by atoms with Crippen LogP contribution >= 0.6 is 11.6 Å². The maximum absolute atomic E-state index is 6.51. The monoisotopic (exact) mass is 284 g/mol. The minimum absolute atomic E-state index is 0.166. The van der Waals surface area contributed by atoms with Crippen molar-refractivity contribution in [3.8, 4) is 11.1 Å². The van der Waals surface area contributed by atoms with Crippen molar-refractivity contribution < 1.29 is 4.74 Å². The summed E-state index contributed by atoms with van der Waals surface area (Å²) in [5, 5.41) is 0.746. The Balaban J connectivity index is 2.18. The molecule has 2 aromatic rings. The van der Waals surface area contributed by atoms with Gasteiger partial charge in [-0.2, -0.15) is 0 Å². The fourth-order valence-corrected chi connectivity index (χ4v) is 2.92. The van der Waals surface area contributed by atoms with Gasteiger partial charge in [0.1, 0.15) is 6.10 Å². The molecule has 0 fully saturated rings. The molecule has 2 heteroatoms. The largest absolute Gasteiger partial charge is 0.368 e. The van der Waals surface area contributed by atoms with Gasteiger partial charge in [0.2, 0.25) is 0 Å². The first kappa shape index (κ1) is 13.4. The van der Waals surface area contributed by atoms with Gasteiger partial charge < -0.3 is 4.74 Å². The van der Waals surface area contributed by atoms with Crippen molar-refractivity contribution in [2.24, 2.45) is 0 Å². The summed E-state index contributed by atoms with van der Waals surface area (Å²) in [4.78, 5) is 0. The zero-order valence-electron chi connectivity index (χ0n) is 11.5. The highest BCUT2D eigenvalue weighted by Gasteiger charge is 2.23. The predicted octanol–water partition coefficient (Wildman–Crippen LogP) is 5.41. The Bertz CT molecular complexity index is 645. The summed E-state index contributed by atoms with van der Waals surface area (Å²) < 4.78 is 5.98. The van der Waals surface area contributed by atoms with Gasteiger partial charge in [-0.25, -0.2) is 0 Å². The van der Waals surface area contributed by atoms with Crippen molar-refractivity contribution in [3.63, 3.8) is 0 Å². The smallest absolute Gasteiger partial charge is 0.119 e. The second kappa shape index (κ2) is 5.82. The molecular weight excluding hydrogens is 268 g/mol. The van der Waals surface area contributed by atoms with Gasteiger partial charge in [0.15, 0.2) is 0 Å². The third-order valence-corrected chi connectivity index (χ3v) is 3.83. The van der Waals surface area contributed by atoms with Crippen LogP contribution in [-0.2, 0) is 4.74 Å². The molecule has 1 atom stereocenters. The number of ether oxygens (including phenoxy) is 1. The van der Waals surface area contributed by atoms with Crippen LogP contribution in [0.5, 0.6) is 0 Å². The molecule has 0 heterocycles. The number of halogens is 1. The molecule has 1 aliphatic carbocycles. The second-order valence-corrected chi connectivity index (χ2v) is 5.39. The van der Waals surface area contributed by atoms with E-state index in [4.69, 9.17) is 16.3 Å². The lowest BCUT2D eigenvalue weighted by molar-refractivity contribution is 0.0838. The number of rotatable bonds is 3. The van der Waals surface area contributed by atoms with E-state index < -0.39 is 0 Å². The summed E-state index contributed by atoms with van der Waals surface area (Å²) in [7, 11) is 0. The van der Waals surface area contributed by atoms with Crippen LogP contribution in [0.4, 0.5) is 0 Å². The van der Waals surface area contributed by atoms with Crippen molar-refractivity contribution in [2.75, 3.05) is 6.61 Å². The van der Waals surface area contributed by atoms with Gasteiger partial charge in [0, 0.05) is 6.61 Å². The van der Waals surface area contributed by atoms with Gasteiger partial charge >= 0.3 is 0 Å². The lowest BCUT2D eigenvalue weighted by Gasteiger charge is -2.19. The fraction of sp³-hybridized carbons (Fsp3) is 0.222. The zero-order chi connectivity index (χ0) is 13.9. The maximum Gasteiger partial charge on any atom is 0.119 e. The quantitative estimate of drug-likeness (QED) is 0.732. The van der Waals surface area contributed by atoms with Crippen LogP contribution in [0.1, 0.15) is 30.6 Å². The van der Waals surface area contributed by atoms with Crippen LogP contribution in [0.15, 0.2) is 53.6 Å². The van der Waals surface area contributed by atoms with Crippen molar-refractivity contribution in [1.82, 2.24) is 0 Å². The van der Waals surface area contributed by atoms with Gasteiger partial charge in [-0.1, -0.05) is 67.1 Å². The molecule has 102 valence electrons. The van der Waals surface area contributed by atoms with Crippen molar-refractivity contribution >= 4 is 17.7 Å². The first-order valence-electron chi connectivity index (χ1n) is 6.98. The van der Waals surface area contributed by atoms with Crippen LogP contribution in [0, 0.1) is 0 Å². The summed E-state index contributed by atoms with van der Waals surface area (Å²) in [6.07, 6.45) is 2.84. The highest BCUT2D eigenvalue weighted by atomic mass is 35.5. The van der Waals surface area contributed by atoms with E-state index in [0.717, 1.165) is 22.6 Å². The van der Waals surface area contributed by atoms with Gasteiger partial charge in [-0.05, 0) is 34.8 Å². The number of hydrogen-bond acceptors (Lipinski definition) is 1. The van der Waals surface area contributed by atoms with Crippen LogP contribution in [-0.4, -0.2) is 6.61 Å². The molecule has 3 rings (SSSR count). The van der Waals surface area contributed by atoms with E-state index >= 15 is 0 Å². The molecule has 0 saturated carbocycles. The van der Waals surface area contributed by atoms with E-state index in [0.29, 0.717) is 6.61 Å². The van der Waals surface area contributed by atoms with Crippen LogP contribution in [0.2, 0.25) is 0 Å². The molecule has 0 amide bonds. The SMILES string of the molecule is CCCOC1C(Cl)=Cc2ccccc2-c2ccccc21. The summed E-state index contributed by atoms with van der Waals surface area (Å²) in [6, 6.07) is 16.7. The second-order valence-electron chi connectivity index (χ2n) is 4.95. The van der Waals surface area contributed by atoms with Gasteiger partial charge in [0.25, 0.3) is 0 Å². The van der Waals surface area contributed by atoms with E-state index in [1.54, 1.807) is 0 Å². The Labute approximate surface area is 124 Å². The number of fused-ring (bicyclic) bond motifs is 3. The molecule has 0 radical (unpaired) electrons. The maximum atomic E-state index is 6.51. The van der Waals surface area contributed by atoms with Crippen molar-refractivity contribution in [3.05, 3.63) is 64.7 Å². The average molecular weight is 285 g/mol. The highest BCUT2D eigenvalue weighted by molar-refractivity contribution is 6.32. The van der Waals surface area contributed by atoms with Crippen LogP contribution < -0.4 is 0 Å². The minimum Gasteiger partial charge on any atom is -0.368 e. The van der Waals surface area contributed by atoms with Gasteiger partial charge in [-0.3, -0.25) is 0 Å². The van der Waals surface area contributed by atoms with E-state index in [1.165, 1.54) is 11.1 Å². The fourth-order valence-electron chi connectivity index (χ4n) is 2.62. The number of hydrogen-bond donors (Lipinski definition) is 0. The Hall–Kier alpha value is -1.57. The highest BCUT2D eigenvalue weighted by Crippen LogP contribution is 2.41. The predicted molar refractivity (Wildman–Crippen MR) is 84.7 cm³/mol. The first-order valence-corrected chi connectivity index (χ1v) is 7.36. The summed E-state index contributed by atoms with van der Waals surface area (Å²) in [5.41, 5.74) is 4.71. The van der Waals surface area contributed by atoms with E-state index in [9.17, 15) is 0 Å². The molecule has 0 bridgehead atoms. The van der Waals surface area contributed by atoms with Gasteiger partial charge in [-0.15, -0.1) is 0 Å². The zero-order valence-corrected chi connectivity index (χ0v) is 12.2. The molecule has 1 aliphatic rings. The summed E-state index contributed by atoms with van der Waals surface area (Å²) >= 11 is 6.51. The van der Waals surface area contributed by atoms with E-state index in [1.807, 2.05) is 18.2 Å². The third-order valence-electron chi connectivity index (χ3n) is 3.53. The Morgan fingerprint density at radius 2 is 1.70 bits per heavy atom. The third kappa shape index (κ3) is 2.39. The first-order chi connectivity index (χ1) is 9.81. The molecule has 0 saturated heterocycles. The standard InChI is InChI=1S/C18H17ClO/c1-2-11-20-18-16-10-6-5-9-15(16)14-8-4-3-7-13(14)12-17(18)19/h3-10,12,18H,2,11H2,1H3. The van der Waals surface area contributed by atoms with E-state index in [2.05, 4.69) is 43.3 Å². The molecule has 1 nitrogen and oxygen atoms in total.